The fourth-order valence-corrected chi connectivity index (χ4v) is 2.63. The fraction of sp³-hybridized carbons (Fsp3) is 0.500. The van der Waals surface area contributed by atoms with Crippen molar-refractivity contribution >= 4 is 34.8 Å². The SMILES string of the molecule is Clc1cc(Cl)c(CCN2CCNCC2)cc1Cl. The molecule has 0 radical (unpaired) electrons. The molecule has 17 heavy (non-hydrogen) atoms. The number of piperazine rings is 1. The summed E-state index contributed by atoms with van der Waals surface area (Å²) in [4.78, 5) is 2.43. The molecule has 0 amide bonds. The minimum atomic E-state index is 0.516. The lowest BCUT2D eigenvalue weighted by atomic mass is 10.1. The molecule has 0 aliphatic carbocycles. The Morgan fingerprint density at radius 2 is 1.65 bits per heavy atom. The molecule has 0 bridgehead atoms. The summed E-state index contributed by atoms with van der Waals surface area (Å²) in [6, 6.07) is 3.59. The van der Waals surface area contributed by atoms with E-state index in [-0.39, 0.29) is 0 Å². The third-order valence-corrected chi connectivity index (χ3v) is 4.07. The molecule has 1 saturated heterocycles. The maximum absolute atomic E-state index is 6.15. The highest BCUT2D eigenvalue weighted by Crippen LogP contribution is 2.29. The van der Waals surface area contributed by atoms with E-state index in [0.29, 0.717) is 15.1 Å². The minimum absolute atomic E-state index is 0.516. The average Bonchev–Trinajstić information content (AvgIpc) is 2.33. The molecule has 1 N–H and O–H groups in total. The monoisotopic (exact) mass is 292 g/mol. The molecule has 1 aliphatic heterocycles. The largest absolute Gasteiger partial charge is 0.314 e. The number of benzene rings is 1. The molecule has 0 aromatic heterocycles. The summed E-state index contributed by atoms with van der Waals surface area (Å²) in [6.07, 6.45) is 0.912. The Morgan fingerprint density at radius 1 is 1.00 bits per heavy atom. The van der Waals surface area contributed by atoms with Gasteiger partial charge in [0.15, 0.2) is 0 Å². The van der Waals surface area contributed by atoms with Crippen LogP contribution in [0.1, 0.15) is 5.56 Å². The van der Waals surface area contributed by atoms with E-state index in [1.54, 1.807) is 6.07 Å². The van der Waals surface area contributed by atoms with E-state index >= 15 is 0 Å². The second-order valence-electron chi connectivity index (χ2n) is 4.20. The lowest BCUT2D eigenvalue weighted by molar-refractivity contribution is 0.244. The minimum Gasteiger partial charge on any atom is -0.314 e. The van der Waals surface area contributed by atoms with Gasteiger partial charge in [-0.15, -0.1) is 0 Å². The van der Waals surface area contributed by atoms with Crippen molar-refractivity contribution in [2.75, 3.05) is 32.7 Å². The summed E-state index contributed by atoms with van der Waals surface area (Å²) < 4.78 is 0. The first-order chi connectivity index (χ1) is 8.16. The van der Waals surface area contributed by atoms with Gasteiger partial charge >= 0.3 is 0 Å². The van der Waals surface area contributed by atoms with Gasteiger partial charge in [-0.1, -0.05) is 34.8 Å². The number of hydrogen-bond donors (Lipinski definition) is 1. The first-order valence-electron chi connectivity index (χ1n) is 5.73. The first kappa shape index (κ1) is 13.4. The third-order valence-electron chi connectivity index (χ3n) is 3.00. The zero-order valence-corrected chi connectivity index (χ0v) is 11.7. The van der Waals surface area contributed by atoms with Gasteiger partial charge in [0.05, 0.1) is 10.0 Å². The highest BCUT2D eigenvalue weighted by molar-refractivity contribution is 6.43. The van der Waals surface area contributed by atoms with Gasteiger partial charge in [0.1, 0.15) is 0 Å². The van der Waals surface area contributed by atoms with Gasteiger partial charge in [0.25, 0.3) is 0 Å². The number of nitrogens with zero attached hydrogens (tertiary/aromatic N) is 1. The predicted octanol–water partition coefficient (Wildman–Crippen LogP) is 3.09. The average molecular weight is 294 g/mol. The Kier molecular flexibility index (Phi) is 4.95. The Labute approximate surface area is 117 Å². The zero-order chi connectivity index (χ0) is 12.3. The van der Waals surface area contributed by atoms with Crippen LogP contribution in [0.4, 0.5) is 0 Å². The molecule has 0 atom stereocenters. The van der Waals surface area contributed by atoms with Crippen molar-refractivity contribution in [2.45, 2.75) is 6.42 Å². The van der Waals surface area contributed by atoms with Gasteiger partial charge in [0.2, 0.25) is 0 Å². The van der Waals surface area contributed by atoms with E-state index in [1.807, 2.05) is 6.07 Å². The standard InChI is InChI=1S/C12H15Cl3N2/c13-10-8-12(15)11(14)7-9(10)1-4-17-5-2-16-3-6-17/h7-8,16H,1-6H2. The maximum Gasteiger partial charge on any atom is 0.0607 e. The fourth-order valence-electron chi connectivity index (χ4n) is 1.97. The zero-order valence-electron chi connectivity index (χ0n) is 9.48. The molecule has 0 unspecified atom stereocenters. The molecule has 5 heteroatoms. The number of hydrogen-bond acceptors (Lipinski definition) is 2. The van der Waals surface area contributed by atoms with E-state index in [1.165, 1.54) is 0 Å². The van der Waals surface area contributed by atoms with Gasteiger partial charge in [-0.3, -0.25) is 0 Å². The third kappa shape index (κ3) is 3.73. The van der Waals surface area contributed by atoms with Crippen LogP contribution in [0.25, 0.3) is 0 Å². The van der Waals surface area contributed by atoms with Crippen molar-refractivity contribution in [3.63, 3.8) is 0 Å². The van der Waals surface area contributed by atoms with Crippen LogP contribution in [0.15, 0.2) is 12.1 Å². The van der Waals surface area contributed by atoms with Crippen LogP contribution in [-0.4, -0.2) is 37.6 Å². The van der Waals surface area contributed by atoms with Gasteiger partial charge in [0, 0.05) is 37.7 Å². The molecule has 0 spiro atoms. The van der Waals surface area contributed by atoms with Gasteiger partial charge < -0.3 is 10.2 Å². The van der Waals surface area contributed by atoms with E-state index in [2.05, 4.69) is 10.2 Å². The quantitative estimate of drug-likeness (QED) is 0.862. The van der Waals surface area contributed by atoms with Gasteiger partial charge in [-0.25, -0.2) is 0 Å². The second-order valence-corrected chi connectivity index (χ2v) is 5.42. The molecule has 2 nitrogen and oxygen atoms in total. The molecule has 94 valence electrons. The Hall–Kier alpha value is 0.01000. The first-order valence-corrected chi connectivity index (χ1v) is 6.86. The Morgan fingerprint density at radius 3 is 2.35 bits per heavy atom. The Balaban J connectivity index is 1.96. The van der Waals surface area contributed by atoms with Crippen LogP contribution in [0, 0.1) is 0 Å². The van der Waals surface area contributed by atoms with Crippen LogP contribution >= 0.6 is 34.8 Å². The molecule has 1 heterocycles. The molecule has 0 saturated carbocycles. The highest BCUT2D eigenvalue weighted by Gasteiger charge is 2.11. The van der Waals surface area contributed by atoms with Crippen LogP contribution < -0.4 is 5.32 Å². The van der Waals surface area contributed by atoms with E-state index in [0.717, 1.165) is 44.7 Å². The van der Waals surface area contributed by atoms with Crippen LogP contribution in [0.2, 0.25) is 15.1 Å². The van der Waals surface area contributed by atoms with Crippen molar-refractivity contribution in [2.24, 2.45) is 0 Å². The summed E-state index contributed by atoms with van der Waals surface area (Å²) in [5.74, 6) is 0. The lowest BCUT2D eigenvalue weighted by Gasteiger charge is -2.27. The molecule has 1 aliphatic rings. The summed E-state index contributed by atoms with van der Waals surface area (Å²) >= 11 is 18.0. The maximum atomic E-state index is 6.15. The molecular formula is C12H15Cl3N2. The lowest BCUT2D eigenvalue weighted by Crippen LogP contribution is -2.44. The highest BCUT2D eigenvalue weighted by atomic mass is 35.5. The van der Waals surface area contributed by atoms with E-state index < -0.39 is 0 Å². The molecule has 1 aromatic carbocycles. The predicted molar refractivity (Wildman–Crippen MR) is 74.5 cm³/mol. The normalized spacial score (nSPS) is 17.4. The summed E-state index contributed by atoms with van der Waals surface area (Å²) in [5, 5.41) is 5.13. The van der Waals surface area contributed by atoms with E-state index in [9.17, 15) is 0 Å². The van der Waals surface area contributed by atoms with Crippen molar-refractivity contribution in [3.05, 3.63) is 32.8 Å². The van der Waals surface area contributed by atoms with Crippen LogP contribution in [0.3, 0.4) is 0 Å². The molecule has 1 aromatic rings. The smallest absolute Gasteiger partial charge is 0.0607 e. The number of nitrogens with one attached hydrogen (secondary N) is 1. The molecule has 1 fully saturated rings. The summed E-state index contributed by atoms with van der Waals surface area (Å²) in [7, 11) is 0. The number of rotatable bonds is 3. The van der Waals surface area contributed by atoms with Crippen molar-refractivity contribution < 1.29 is 0 Å². The second kappa shape index (κ2) is 6.26. The van der Waals surface area contributed by atoms with Crippen molar-refractivity contribution in [1.82, 2.24) is 10.2 Å². The van der Waals surface area contributed by atoms with Gasteiger partial charge in [-0.2, -0.15) is 0 Å². The van der Waals surface area contributed by atoms with Crippen LogP contribution in [-0.2, 0) is 6.42 Å². The topological polar surface area (TPSA) is 15.3 Å². The van der Waals surface area contributed by atoms with Crippen LogP contribution in [0.5, 0.6) is 0 Å². The van der Waals surface area contributed by atoms with Crippen molar-refractivity contribution in [1.29, 1.82) is 0 Å². The summed E-state index contributed by atoms with van der Waals surface area (Å²) in [5.41, 5.74) is 1.07. The van der Waals surface area contributed by atoms with E-state index in [4.69, 9.17) is 34.8 Å². The van der Waals surface area contributed by atoms with Gasteiger partial charge in [-0.05, 0) is 24.1 Å². The number of halogens is 3. The molecular weight excluding hydrogens is 279 g/mol. The molecule has 2 rings (SSSR count). The van der Waals surface area contributed by atoms with Crippen molar-refractivity contribution in [3.8, 4) is 0 Å². The summed E-state index contributed by atoms with van der Waals surface area (Å²) in [6.45, 7) is 5.33. The Bertz CT molecular complexity index is 390.